The molecule has 2 N–H and O–H groups in total. The lowest BCUT2D eigenvalue weighted by Gasteiger charge is -2.32. The van der Waals surface area contributed by atoms with E-state index in [0.29, 0.717) is 6.54 Å². The lowest BCUT2D eigenvalue weighted by Crippen LogP contribution is -2.41. The molecule has 7 nitrogen and oxygen atoms in total. The van der Waals surface area contributed by atoms with Gasteiger partial charge in [-0.15, -0.1) is 0 Å². The van der Waals surface area contributed by atoms with Crippen molar-refractivity contribution >= 4 is 30.1 Å². The fourth-order valence-corrected chi connectivity index (χ4v) is 2.57. The molecule has 3 heterocycles. The summed E-state index contributed by atoms with van der Waals surface area (Å²) in [6.07, 6.45) is 5.42. The third kappa shape index (κ3) is 3.59. The van der Waals surface area contributed by atoms with Gasteiger partial charge >= 0.3 is 7.12 Å². The number of carbonyl (C=O) groups excluding carboxylic acids is 1. The van der Waals surface area contributed by atoms with Crippen LogP contribution in [0.3, 0.4) is 0 Å². The van der Waals surface area contributed by atoms with Gasteiger partial charge in [0, 0.05) is 25.1 Å². The van der Waals surface area contributed by atoms with Crippen LogP contribution in [0.1, 0.15) is 40.2 Å². The van der Waals surface area contributed by atoms with E-state index in [1.165, 1.54) is 6.92 Å². The number of pyridine rings is 1. The molecule has 0 bridgehead atoms. The van der Waals surface area contributed by atoms with Crippen LogP contribution in [0.15, 0.2) is 23.9 Å². The Hall–Kier alpha value is -2.19. The van der Waals surface area contributed by atoms with Crippen molar-refractivity contribution in [2.45, 2.75) is 45.8 Å². The molecule has 1 amide bonds. The normalized spacial score (nSPS) is 19.4. The van der Waals surface area contributed by atoms with E-state index < -0.39 is 18.3 Å². The summed E-state index contributed by atoms with van der Waals surface area (Å²) in [7, 11) is -0.531. The topological polar surface area (TPSA) is 89.1 Å². The molecule has 25 heavy (non-hydrogen) atoms. The van der Waals surface area contributed by atoms with Gasteiger partial charge in [-0.1, -0.05) is 6.08 Å². The molecule has 0 aliphatic carbocycles. The maximum absolute atomic E-state index is 11.4. The molecule has 1 aliphatic heterocycles. The molecule has 0 radical (unpaired) electrons. The number of nitrogens with zero attached hydrogens (tertiary/aromatic N) is 2. The van der Waals surface area contributed by atoms with Crippen LogP contribution in [0, 0.1) is 0 Å². The molecule has 8 heteroatoms. The fraction of sp³-hybridized carbons (Fsp3) is 0.471. The first-order valence-electron chi connectivity index (χ1n) is 8.28. The number of amides is 1. The standard InChI is InChI=1S/C17H23BN4O3/c1-11(23)19-10-14(18-24-16(2,3)17(4,5)25-18)7-12-6-13-9-21-22-15(13)20-8-12/h6-9H,10H2,1-5H3,(H,19,23)(H,20,21,22). The summed E-state index contributed by atoms with van der Waals surface area (Å²) in [5.74, 6) is -0.106. The van der Waals surface area contributed by atoms with Gasteiger partial charge in [0.05, 0.1) is 17.4 Å². The molecule has 1 fully saturated rings. The Kier molecular flexibility index (Phi) is 4.42. The molecule has 0 aromatic carbocycles. The predicted octanol–water partition coefficient (Wildman–Crippen LogP) is 2.11. The number of aromatic nitrogens is 3. The zero-order chi connectivity index (χ0) is 18.2. The number of fused-ring (bicyclic) bond motifs is 1. The van der Waals surface area contributed by atoms with Crippen LogP contribution in [0.2, 0.25) is 0 Å². The predicted molar refractivity (Wildman–Crippen MR) is 96.6 cm³/mol. The number of nitrogens with one attached hydrogen (secondary N) is 2. The molecule has 1 aliphatic rings. The zero-order valence-corrected chi connectivity index (χ0v) is 15.2. The number of carbonyl (C=O) groups is 1. The Morgan fingerprint density at radius 1 is 1.28 bits per heavy atom. The molecule has 0 saturated carbocycles. The number of hydrogen-bond donors (Lipinski definition) is 2. The van der Waals surface area contributed by atoms with Crippen LogP contribution in [0.5, 0.6) is 0 Å². The average molecular weight is 342 g/mol. The highest BCUT2D eigenvalue weighted by molar-refractivity contribution is 6.56. The monoisotopic (exact) mass is 342 g/mol. The van der Waals surface area contributed by atoms with E-state index in [-0.39, 0.29) is 5.91 Å². The fourth-order valence-electron chi connectivity index (χ4n) is 2.57. The van der Waals surface area contributed by atoms with Crippen LogP contribution < -0.4 is 5.32 Å². The van der Waals surface area contributed by atoms with Gasteiger partial charge in [-0.2, -0.15) is 5.10 Å². The lowest BCUT2D eigenvalue weighted by molar-refractivity contribution is -0.118. The first-order valence-corrected chi connectivity index (χ1v) is 8.28. The van der Waals surface area contributed by atoms with E-state index in [9.17, 15) is 4.79 Å². The largest absolute Gasteiger partial charge is 0.492 e. The van der Waals surface area contributed by atoms with Gasteiger partial charge in [-0.3, -0.25) is 9.89 Å². The van der Waals surface area contributed by atoms with E-state index in [4.69, 9.17) is 9.31 Å². The molecule has 0 atom stereocenters. The summed E-state index contributed by atoms with van der Waals surface area (Å²) in [5, 5.41) is 10.6. The Morgan fingerprint density at radius 2 is 1.96 bits per heavy atom. The van der Waals surface area contributed by atoms with Crippen LogP contribution in [-0.2, 0) is 14.1 Å². The number of hydrogen-bond acceptors (Lipinski definition) is 5. The Labute approximate surface area is 147 Å². The first-order chi connectivity index (χ1) is 11.7. The third-order valence-electron chi connectivity index (χ3n) is 4.76. The molecule has 0 unspecified atom stereocenters. The summed E-state index contributed by atoms with van der Waals surface area (Å²) in [5.41, 5.74) is 1.57. The second-order valence-corrected chi connectivity index (χ2v) is 7.29. The molecular formula is C17H23BN4O3. The van der Waals surface area contributed by atoms with Crippen molar-refractivity contribution in [2.75, 3.05) is 6.54 Å². The number of rotatable bonds is 4. The van der Waals surface area contributed by atoms with Crippen LogP contribution in [0.4, 0.5) is 0 Å². The number of H-pyrrole nitrogens is 1. The van der Waals surface area contributed by atoms with E-state index in [0.717, 1.165) is 22.1 Å². The van der Waals surface area contributed by atoms with Gasteiger partial charge in [0.1, 0.15) is 0 Å². The summed E-state index contributed by atoms with van der Waals surface area (Å²) in [6, 6.07) is 1.98. The summed E-state index contributed by atoms with van der Waals surface area (Å²) < 4.78 is 12.2. The minimum Gasteiger partial charge on any atom is -0.400 e. The van der Waals surface area contributed by atoms with Gasteiger partial charge in [0.2, 0.25) is 5.91 Å². The Morgan fingerprint density at radius 3 is 2.60 bits per heavy atom. The third-order valence-corrected chi connectivity index (χ3v) is 4.76. The van der Waals surface area contributed by atoms with Crippen molar-refractivity contribution in [1.29, 1.82) is 0 Å². The highest BCUT2D eigenvalue weighted by atomic mass is 16.7. The second-order valence-electron chi connectivity index (χ2n) is 7.29. The first kappa shape index (κ1) is 17.6. The summed E-state index contributed by atoms with van der Waals surface area (Å²) in [6.45, 7) is 9.84. The minimum atomic E-state index is -0.531. The molecule has 1 saturated heterocycles. The van der Waals surface area contributed by atoms with Crippen molar-refractivity contribution in [1.82, 2.24) is 20.5 Å². The SMILES string of the molecule is CC(=O)NCC(=Cc1cnc2[nH]ncc2c1)B1OC(C)(C)C(C)(C)O1. The summed E-state index contributed by atoms with van der Waals surface area (Å²) in [4.78, 5) is 15.7. The van der Waals surface area contributed by atoms with Gasteiger partial charge in [0.15, 0.2) is 5.65 Å². The molecule has 132 valence electrons. The molecule has 3 rings (SSSR count). The lowest BCUT2D eigenvalue weighted by atomic mass is 9.77. The summed E-state index contributed by atoms with van der Waals surface area (Å²) >= 11 is 0. The minimum absolute atomic E-state index is 0.106. The van der Waals surface area contributed by atoms with E-state index >= 15 is 0 Å². The molecular weight excluding hydrogens is 319 g/mol. The van der Waals surface area contributed by atoms with Crippen molar-refractivity contribution in [3.05, 3.63) is 29.5 Å². The maximum Gasteiger partial charge on any atom is 0.492 e. The Bertz CT molecular complexity index is 812. The van der Waals surface area contributed by atoms with Gasteiger partial charge in [-0.05, 0) is 44.8 Å². The maximum atomic E-state index is 11.4. The van der Waals surface area contributed by atoms with E-state index in [1.54, 1.807) is 12.4 Å². The molecule has 2 aromatic rings. The zero-order valence-electron chi connectivity index (χ0n) is 15.2. The second kappa shape index (κ2) is 6.27. The van der Waals surface area contributed by atoms with Gasteiger partial charge < -0.3 is 14.6 Å². The highest BCUT2D eigenvalue weighted by Gasteiger charge is 2.52. The van der Waals surface area contributed by atoms with Crippen molar-refractivity contribution in [2.24, 2.45) is 0 Å². The molecule has 2 aromatic heterocycles. The van der Waals surface area contributed by atoms with Crippen molar-refractivity contribution in [3.8, 4) is 0 Å². The van der Waals surface area contributed by atoms with E-state index in [2.05, 4.69) is 20.5 Å². The van der Waals surface area contributed by atoms with Gasteiger partial charge in [0.25, 0.3) is 0 Å². The van der Waals surface area contributed by atoms with Crippen molar-refractivity contribution < 1.29 is 14.1 Å². The average Bonchev–Trinajstić information content (AvgIpc) is 3.05. The number of aromatic amines is 1. The van der Waals surface area contributed by atoms with Crippen molar-refractivity contribution in [3.63, 3.8) is 0 Å². The smallest absolute Gasteiger partial charge is 0.400 e. The highest BCUT2D eigenvalue weighted by Crippen LogP contribution is 2.38. The molecule has 0 spiro atoms. The van der Waals surface area contributed by atoms with Crippen LogP contribution in [-0.4, -0.2) is 46.0 Å². The quantitative estimate of drug-likeness (QED) is 0.831. The van der Waals surface area contributed by atoms with E-state index in [1.807, 2.05) is 39.8 Å². The Balaban J connectivity index is 1.92. The van der Waals surface area contributed by atoms with Crippen LogP contribution in [0.25, 0.3) is 17.1 Å². The van der Waals surface area contributed by atoms with Gasteiger partial charge in [-0.25, -0.2) is 4.98 Å². The van der Waals surface area contributed by atoms with Crippen LogP contribution >= 0.6 is 0 Å².